The topological polar surface area (TPSA) is 38.7 Å². The quantitative estimate of drug-likeness (QED) is 0.115. The molecule has 2 unspecified atom stereocenters. The smallest absolute Gasteiger partial charge is 0.131 e. The molecule has 0 spiro atoms. The van der Waals surface area contributed by atoms with Crippen LogP contribution in [0.15, 0.2) is 98.1 Å². The standard InChI is InChI=1S/C21H24ClFO.C21H25FO2.15H2/c1-6-21(3,4)20(24-5)18-12-15(13-22)8-9-16(18)17-11-14(2)7-10-19(17)23;1-6-21(3,4)20(24-5)18-12-15(13-23)8-9-16(18)17-11-14(2)7-10-19(17)22;;;;;;;;;;;;;;;/h6-12,20H,1,13H2,2-5H3;6-12,20,23H,1,13H2,2-5H3;15*1H/i;;15*1+2T. The van der Waals surface area contributed by atoms with Crippen LogP contribution >= 0.6 is 11.6 Å². The third-order valence-electron chi connectivity index (χ3n) is 8.83. The monoisotopic (exact) mass is 765 g/mol. The second-order valence-corrected chi connectivity index (χ2v) is 13.7. The van der Waals surface area contributed by atoms with Crippen molar-refractivity contribution in [2.45, 2.75) is 66.2 Å². The Morgan fingerprint density at radius 3 is 1.46 bits per heavy atom. The third kappa shape index (κ3) is 8.89. The maximum Gasteiger partial charge on any atom is 0.131 e. The van der Waals surface area contributed by atoms with Gasteiger partial charge < -0.3 is 14.6 Å². The number of rotatable bonds is 12. The Morgan fingerprint density at radius 2 is 1.10 bits per heavy atom. The zero-order chi connectivity index (χ0) is 65.8. The van der Waals surface area contributed by atoms with Crippen molar-refractivity contribution in [3.8, 4) is 22.3 Å². The number of benzene rings is 4. The molecule has 0 aliphatic heterocycles. The summed E-state index contributed by atoms with van der Waals surface area (Å²) >= 11 is 6.01. The maximum atomic E-state index is 14.5. The van der Waals surface area contributed by atoms with Crippen molar-refractivity contribution in [3.05, 3.63) is 143 Å². The predicted molar refractivity (Wildman–Crippen MR) is 228 cm³/mol. The Morgan fingerprint density at radius 1 is 0.708 bits per heavy atom. The third-order valence-corrected chi connectivity index (χ3v) is 9.14. The summed E-state index contributed by atoms with van der Waals surface area (Å²) in [4.78, 5) is 0. The Kier molecular flexibility index (Phi) is 7.70. The molecule has 48 heavy (non-hydrogen) atoms. The zero-order valence-corrected chi connectivity index (χ0v) is 30.2. The average molecular weight is 766 g/mol. The number of hydrogen-bond acceptors (Lipinski definition) is 3. The van der Waals surface area contributed by atoms with E-state index in [0.717, 1.165) is 44.5 Å². The van der Waals surface area contributed by atoms with Gasteiger partial charge in [-0.2, -0.15) is 0 Å². The molecule has 0 amide bonds. The number of aliphatic hydroxyl groups is 1. The van der Waals surface area contributed by atoms with Crippen molar-refractivity contribution in [2.24, 2.45) is 10.8 Å². The highest BCUT2D eigenvalue weighted by atomic mass is 35.5. The van der Waals surface area contributed by atoms with Crippen LogP contribution in [0.1, 0.15) is 118 Å². The molecule has 4 aromatic rings. The SMILES string of the molecule is C=CC(C)(C)C(OC)c1cc(CCl)ccc1-c1cc(C)ccc1F.C=CC(C)(C)C(OC)c1cc(CO)ccc1-c1cc(C)ccc1F.[3H][3H].[3H][3H].[3H][3H].[3H][3H].[3H][3H].[3H][3H].[3H][3H].[3H][3H].[3H][3H].[3H][3H].[3H][3H].[3H][3H].[3H][3H].[3H][3H].[3H][3H]. The van der Waals surface area contributed by atoms with E-state index in [1.54, 1.807) is 26.4 Å². The molecule has 1 N–H and O–H groups in total. The zero-order valence-electron chi connectivity index (χ0n) is 59.5. The molecular weight excluding hydrogens is 626 g/mol. The van der Waals surface area contributed by atoms with E-state index in [4.69, 9.17) is 65.6 Å². The molecule has 0 bridgehead atoms. The Bertz CT molecular complexity index is 1670. The van der Waals surface area contributed by atoms with Gasteiger partial charge in [-0.15, -0.1) is 24.8 Å². The molecule has 4 aromatic carbocycles. The maximum absolute atomic E-state index is 14.5. The second kappa shape index (κ2) is 16.7. The molecule has 2 atom stereocenters. The Hall–Kier alpha value is -3.61. The normalized spacial score (nSPS) is 15.4. The lowest BCUT2D eigenvalue weighted by atomic mass is 9.79. The van der Waals surface area contributed by atoms with E-state index >= 15 is 0 Å². The molecule has 0 fully saturated rings. The number of alkyl halides is 1. The number of aryl methyl sites for hydroxylation is 2. The molecule has 3 nitrogen and oxygen atoms in total. The van der Waals surface area contributed by atoms with E-state index in [0.29, 0.717) is 17.0 Å². The van der Waals surface area contributed by atoms with Gasteiger partial charge in [-0.1, -0.05) is 99.5 Å². The molecule has 0 radical (unpaired) electrons. The summed E-state index contributed by atoms with van der Waals surface area (Å²) in [6, 6.07) is 21.6. The summed E-state index contributed by atoms with van der Waals surface area (Å²) in [6.45, 7) is 19.8. The summed E-state index contributed by atoms with van der Waals surface area (Å²) in [5, 5.41) is 9.50. The predicted octanol–water partition coefficient (Wildman–Crippen LogP) is 15.3. The van der Waals surface area contributed by atoms with Gasteiger partial charge >= 0.3 is 0 Å². The van der Waals surface area contributed by atoms with Gasteiger partial charge in [-0.05, 0) is 71.5 Å². The van der Waals surface area contributed by atoms with Gasteiger partial charge in [0.25, 0.3) is 0 Å². The number of aliphatic hydroxyl groups excluding tert-OH is 1. The summed E-state index contributed by atoms with van der Waals surface area (Å²) in [6.07, 6.45) is 3.14. The fraction of sp³-hybridized carbons (Fsp3) is 0.333. The van der Waals surface area contributed by atoms with Crippen LogP contribution < -0.4 is 0 Å². The average Bonchev–Trinajstić information content (AvgIpc) is 3.54. The molecule has 4 rings (SSSR count). The van der Waals surface area contributed by atoms with E-state index in [1.165, 1.54) is 12.1 Å². The minimum absolute atomic E-state index is 0.0749. The van der Waals surface area contributed by atoms with Gasteiger partial charge in [0.05, 0.1) is 18.8 Å². The van der Waals surface area contributed by atoms with Crippen LogP contribution in [0.25, 0.3) is 22.3 Å². The first-order valence-corrected chi connectivity index (χ1v) is 16.5. The number of ether oxygens (including phenoxy) is 2. The minimum Gasteiger partial charge on any atom is -0.392 e. The van der Waals surface area contributed by atoms with E-state index in [9.17, 15) is 13.9 Å². The highest BCUT2D eigenvalue weighted by Gasteiger charge is 2.32. The van der Waals surface area contributed by atoms with Gasteiger partial charge in [0, 0.05) is 86.6 Å². The van der Waals surface area contributed by atoms with E-state index in [1.807, 2.05) is 88.4 Å². The second-order valence-electron chi connectivity index (χ2n) is 13.4. The van der Waals surface area contributed by atoms with Crippen molar-refractivity contribution in [1.29, 1.82) is 0 Å². The first-order chi connectivity index (χ1) is 37.7. The molecular formula is C42H79ClF2O3. The summed E-state index contributed by atoms with van der Waals surface area (Å²) in [5.74, 6) is -0.120. The fourth-order valence-electron chi connectivity index (χ4n) is 5.90. The summed E-state index contributed by atoms with van der Waals surface area (Å²) in [7, 11) is 3.30. The highest BCUT2D eigenvalue weighted by molar-refractivity contribution is 6.17. The lowest BCUT2D eigenvalue weighted by Gasteiger charge is -2.32. The van der Waals surface area contributed by atoms with Crippen molar-refractivity contribution < 1.29 is 67.9 Å². The minimum atomic E-state index is -0.349. The van der Waals surface area contributed by atoms with Crippen LogP contribution in [-0.2, 0) is 22.0 Å². The van der Waals surface area contributed by atoms with Crippen molar-refractivity contribution in [1.82, 2.24) is 0 Å². The lowest BCUT2D eigenvalue weighted by Crippen LogP contribution is -2.22. The molecule has 6 heteroatoms. The first kappa shape index (κ1) is 22.2. The molecule has 286 valence electrons. The summed E-state index contributed by atoms with van der Waals surface area (Å²) in [5.41, 5.74) is 7.56. The summed E-state index contributed by atoms with van der Waals surface area (Å²) < 4.78 is 190. The van der Waals surface area contributed by atoms with Crippen LogP contribution in [0.4, 0.5) is 8.78 Å². The first-order valence-electron chi connectivity index (χ1n) is 31.0. The Labute approximate surface area is 337 Å². The molecule has 0 aliphatic rings. The van der Waals surface area contributed by atoms with Gasteiger partial charge in [-0.25, -0.2) is 8.78 Å². The van der Waals surface area contributed by atoms with Gasteiger partial charge in [0.2, 0.25) is 0 Å². The van der Waals surface area contributed by atoms with Crippen LogP contribution in [0.5, 0.6) is 0 Å². The largest absolute Gasteiger partial charge is 0.392 e. The van der Waals surface area contributed by atoms with Gasteiger partial charge in [0.15, 0.2) is 0 Å². The number of hydrogen-bond donors (Lipinski definition) is 1. The lowest BCUT2D eigenvalue weighted by molar-refractivity contribution is 0.0306. The number of halogens is 3. The number of methoxy groups -OCH3 is 2. The van der Waals surface area contributed by atoms with Crippen LogP contribution in [0, 0.1) is 36.3 Å². The van der Waals surface area contributed by atoms with Crippen LogP contribution in [0.2, 0.25) is 0 Å². The van der Waals surface area contributed by atoms with Crippen molar-refractivity contribution in [2.75, 3.05) is 14.2 Å². The molecule has 0 saturated carbocycles. The highest BCUT2D eigenvalue weighted by Crippen LogP contribution is 2.44. The van der Waals surface area contributed by atoms with Crippen LogP contribution in [-0.4, -0.2) is 19.3 Å². The van der Waals surface area contributed by atoms with Gasteiger partial charge in [-0.3, -0.25) is 0 Å². The molecule has 0 heterocycles. The molecule has 0 aromatic heterocycles. The van der Waals surface area contributed by atoms with E-state index in [2.05, 4.69) is 27.0 Å². The van der Waals surface area contributed by atoms with Crippen molar-refractivity contribution in [3.63, 3.8) is 0 Å². The van der Waals surface area contributed by atoms with Gasteiger partial charge in [0.1, 0.15) is 11.6 Å². The molecule has 0 aliphatic carbocycles. The van der Waals surface area contributed by atoms with E-state index < -0.39 is 0 Å². The van der Waals surface area contributed by atoms with Crippen molar-refractivity contribution >= 4 is 11.6 Å². The fourth-order valence-corrected chi connectivity index (χ4v) is 6.06. The van der Waals surface area contributed by atoms with Crippen LogP contribution in [0.3, 0.4) is 0 Å². The van der Waals surface area contributed by atoms with E-state index in [-0.39, 0.29) is 41.3 Å². The Balaban J connectivity index is -0.0000000664. The molecule has 0 saturated heterocycles.